The van der Waals surface area contributed by atoms with E-state index in [4.69, 9.17) is 20.9 Å². The lowest BCUT2D eigenvalue weighted by Gasteiger charge is -2.09. The Kier molecular flexibility index (Phi) is 6.66. The summed E-state index contributed by atoms with van der Waals surface area (Å²) in [5.41, 5.74) is 2.89. The first-order valence-electron chi connectivity index (χ1n) is 8.63. The number of pyridine rings is 1. The topological polar surface area (TPSA) is 57.1 Å². The van der Waals surface area contributed by atoms with E-state index in [1.165, 1.54) is 0 Å². The fraction of sp³-hybridized carbons (Fsp3) is 0.286. The van der Waals surface area contributed by atoms with E-state index in [9.17, 15) is 0 Å². The van der Waals surface area contributed by atoms with Gasteiger partial charge in [0.05, 0.1) is 24.4 Å². The number of nitrogens with zero attached hydrogens (tertiary/aromatic N) is 3. The average Bonchev–Trinajstić information content (AvgIpc) is 2.70. The molecule has 0 atom stereocenters. The lowest BCUT2D eigenvalue weighted by Crippen LogP contribution is -2.06. The van der Waals surface area contributed by atoms with E-state index in [1.54, 1.807) is 12.4 Å². The SMILES string of the molecule is C#CCOCCOCCCc1nc(-c2cccnc2)nc2ccccc12. The Bertz CT molecular complexity index is 875. The van der Waals surface area contributed by atoms with E-state index in [0.717, 1.165) is 35.0 Å². The summed E-state index contributed by atoms with van der Waals surface area (Å²) in [6.45, 7) is 2.05. The van der Waals surface area contributed by atoms with Gasteiger partial charge >= 0.3 is 0 Å². The molecule has 0 N–H and O–H groups in total. The second-order valence-electron chi connectivity index (χ2n) is 5.73. The second kappa shape index (κ2) is 9.62. The maximum Gasteiger partial charge on any atom is 0.161 e. The Hall–Kier alpha value is -2.81. The monoisotopic (exact) mass is 347 g/mol. The predicted molar refractivity (Wildman–Crippen MR) is 102 cm³/mol. The first kappa shape index (κ1) is 18.0. The third-order valence-electron chi connectivity index (χ3n) is 3.86. The third-order valence-corrected chi connectivity index (χ3v) is 3.86. The van der Waals surface area contributed by atoms with E-state index >= 15 is 0 Å². The predicted octanol–water partition coefficient (Wildman–Crippen LogP) is 3.29. The molecule has 0 unspecified atom stereocenters. The minimum atomic E-state index is 0.327. The number of aryl methyl sites for hydroxylation is 1. The fourth-order valence-electron chi connectivity index (χ4n) is 2.65. The van der Waals surface area contributed by atoms with E-state index in [2.05, 4.69) is 22.0 Å². The number of benzene rings is 1. The zero-order valence-corrected chi connectivity index (χ0v) is 14.6. The second-order valence-corrected chi connectivity index (χ2v) is 5.73. The molecule has 0 bridgehead atoms. The number of hydrogen-bond acceptors (Lipinski definition) is 5. The lowest BCUT2D eigenvalue weighted by molar-refractivity contribution is 0.0591. The van der Waals surface area contributed by atoms with Crippen LogP contribution in [-0.2, 0) is 15.9 Å². The smallest absolute Gasteiger partial charge is 0.161 e. The highest BCUT2D eigenvalue weighted by atomic mass is 16.5. The molecular weight excluding hydrogens is 326 g/mol. The van der Waals surface area contributed by atoms with E-state index in [0.29, 0.717) is 32.3 Å². The molecule has 0 saturated carbocycles. The van der Waals surface area contributed by atoms with Crippen molar-refractivity contribution in [3.8, 4) is 23.7 Å². The van der Waals surface area contributed by atoms with Crippen molar-refractivity contribution < 1.29 is 9.47 Å². The van der Waals surface area contributed by atoms with Gasteiger partial charge in [0.2, 0.25) is 0 Å². The third kappa shape index (κ3) is 4.85. The van der Waals surface area contributed by atoms with Crippen molar-refractivity contribution in [3.05, 3.63) is 54.5 Å². The van der Waals surface area contributed by atoms with Crippen molar-refractivity contribution in [1.82, 2.24) is 15.0 Å². The van der Waals surface area contributed by atoms with Gasteiger partial charge in [0.15, 0.2) is 5.82 Å². The Morgan fingerprint density at radius 1 is 0.962 bits per heavy atom. The van der Waals surface area contributed by atoms with Gasteiger partial charge in [-0.3, -0.25) is 4.98 Å². The van der Waals surface area contributed by atoms with Gasteiger partial charge in [-0.2, -0.15) is 0 Å². The van der Waals surface area contributed by atoms with Crippen LogP contribution in [0.1, 0.15) is 12.1 Å². The van der Waals surface area contributed by atoms with Gasteiger partial charge in [-0.15, -0.1) is 6.42 Å². The van der Waals surface area contributed by atoms with Gasteiger partial charge in [-0.25, -0.2) is 9.97 Å². The van der Waals surface area contributed by atoms with Crippen LogP contribution in [0.5, 0.6) is 0 Å². The van der Waals surface area contributed by atoms with Crippen LogP contribution in [0.2, 0.25) is 0 Å². The highest BCUT2D eigenvalue weighted by molar-refractivity contribution is 5.82. The largest absolute Gasteiger partial charge is 0.379 e. The number of ether oxygens (including phenoxy) is 2. The van der Waals surface area contributed by atoms with E-state index < -0.39 is 0 Å². The van der Waals surface area contributed by atoms with Crippen molar-refractivity contribution in [2.75, 3.05) is 26.4 Å². The average molecular weight is 347 g/mol. The molecule has 132 valence electrons. The number of fused-ring (bicyclic) bond motifs is 1. The minimum Gasteiger partial charge on any atom is -0.379 e. The zero-order valence-electron chi connectivity index (χ0n) is 14.6. The molecule has 0 amide bonds. The van der Waals surface area contributed by atoms with Crippen molar-refractivity contribution in [1.29, 1.82) is 0 Å². The number of hydrogen-bond donors (Lipinski definition) is 0. The molecule has 26 heavy (non-hydrogen) atoms. The lowest BCUT2D eigenvalue weighted by atomic mass is 10.1. The first-order chi connectivity index (χ1) is 12.9. The number of rotatable bonds is 9. The van der Waals surface area contributed by atoms with Crippen LogP contribution in [0.25, 0.3) is 22.3 Å². The molecule has 0 aliphatic heterocycles. The van der Waals surface area contributed by atoms with Crippen molar-refractivity contribution in [3.63, 3.8) is 0 Å². The van der Waals surface area contributed by atoms with Gasteiger partial charge in [0.25, 0.3) is 0 Å². The van der Waals surface area contributed by atoms with Crippen LogP contribution < -0.4 is 0 Å². The zero-order chi connectivity index (χ0) is 18.0. The molecule has 1 aromatic carbocycles. The van der Waals surface area contributed by atoms with Gasteiger partial charge in [-0.1, -0.05) is 24.1 Å². The van der Waals surface area contributed by atoms with Crippen molar-refractivity contribution in [2.45, 2.75) is 12.8 Å². The van der Waals surface area contributed by atoms with Gasteiger partial charge in [0, 0.05) is 30.0 Å². The molecule has 3 rings (SSSR count). The molecule has 0 aliphatic rings. The van der Waals surface area contributed by atoms with E-state index in [-0.39, 0.29) is 0 Å². The maximum absolute atomic E-state index is 5.58. The number of aromatic nitrogens is 3. The Morgan fingerprint density at radius 2 is 1.85 bits per heavy atom. The summed E-state index contributed by atoms with van der Waals surface area (Å²) in [6.07, 6.45) is 10.4. The standard InChI is InChI=1S/C21H21N3O2/c1-2-12-25-14-15-26-13-6-10-20-18-8-3-4-9-19(18)23-21(24-20)17-7-5-11-22-16-17/h1,3-5,7-9,11,16H,6,10,12-15H2. The van der Waals surface area contributed by atoms with E-state index in [1.807, 2.05) is 30.3 Å². The Balaban J connectivity index is 1.66. The molecule has 3 aromatic rings. The molecule has 0 radical (unpaired) electrons. The van der Waals surface area contributed by atoms with Crippen LogP contribution in [-0.4, -0.2) is 41.4 Å². The van der Waals surface area contributed by atoms with Gasteiger partial charge in [0.1, 0.15) is 6.61 Å². The van der Waals surface area contributed by atoms with Crippen molar-refractivity contribution >= 4 is 10.9 Å². The first-order valence-corrected chi connectivity index (χ1v) is 8.63. The molecule has 2 heterocycles. The molecule has 0 spiro atoms. The Morgan fingerprint density at radius 3 is 2.69 bits per heavy atom. The van der Waals surface area contributed by atoms with Crippen LogP contribution in [0.4, 0.5) is 0 Å². The summed E-state index contributed by atoms with van der Waals surface area (Å²) in [6, 6.07) is 11.9. The maximum atomic E-state index is 5.58. The van der Waals surface area contributed by atoms with Gasteiger partial charge in [-0.05, 0) is 31.0 Å². The molecule has 0 fully saturated rings. The summed E-state index contributed by atoms with van der Waals surface area (Å²) in [5, 5.41) is 1.08. The van der Waals surface area contributed by atoms with Crippen LogP contribution >= 0.6 is 0 Å². The molecule has 5 heteroatoms. The summed E-state index contributed by atoms with van der Waals surface area (Å²) in [5.74, 6) is 3.13. The van der Waals surface area contributed by atoms with Crippen LogP contribution in [0.15, 0.2) is 48.8 Å². The number of para-hydroxylation sites is 1. The summed E-state index contributed by atoms with van der Waals surface area (Å²) in [4.78, 5) is 13.6. The van der Waals surface area contributed by atoms with Crippen molar-refractivity contribution in [2.24, 2.45) is 0 Å². The molecule has 0 aliphatic carbocycles. The molecule has 5 nitrogen and oxygen atoms in total. The van der Waals surface area contributed by atoms with Crippen LogP contribution in [0.3, 0.4) is 0 Å². The summed E-state index contributed by atoms with van der Waals surface area (Å²) >= 11 is 0. The molecule has 0 saturated heterocycles. The fourth-order valence-corrected chi connectivity index (χ4v) is 2.65. The summed E-state index contributed by atoms with van der Waals surface area (Å²) in [7, 11) is 0. The minimum absolute atomic E-state index is 0.327. The highest BCUT2D eigenvalue weighted by Gasteiger charge is 2.09. The highest BCUT2D eigenvalue weighted by Crippen LogP contribution is 2.22. The molecule has 2 aromatic heterocycles. The van der Waals surface area contributed by atoms with Gasteiger partial charge < -0.3 is 9.47 Å². The molecular formula is C21H21N3O2. The normalized spacial score (nSPS) is 10.7. The quantitative estimate of drug-likeness (QED) is 0.439. The summed E-state index contributed by atoms with van der Waals surface area (Å²) < 4.78 is 10.8. The Labute approximate surface area is 153 Å². The number of terminal acetylenes is 1. The van der Waals surface area contributed by atoms with Crippen LogP contribution in [0, 0.1) is 12.3 Å².